The first kappa shape index (κ1) is 36.1. The molecular formula is C33H51AlCl2N2O3. The van der Waals surface area contributed by atoms with Crippen molar-refractivity contribution in [1.29, 1.82) is 0 Å². The quantitative estimate of drug-likeness (QED) is 0.382. The number of halogens is 2. The minimum Gasteiger partial charge on any atom is -0.396 e. The van der Waals surface area contributed by atoms with Crippen molar-refractivity contribution in [3.63, 3.8) is 0 Å². The maximum Gasteiger partial charge on any atom is 0.232 e. The molecule has 0 aromatic heterocycles. The van der Waals surface area contributed by atoms with Gasteiger partial charge in [-0.15, -0.1) is 5.79 Å². The minimum absolute atomic E-state index is 0.113. The van der Waals surface area contributed by atoms with E-state index < -0.39 is 5.41 Å². The fourth-order valence-electron chi connectivity index (χ4n) is 5.78. The van der Waals surface area contributed by atoms with E-state index >= 15 is 0 Å². The van der Waals surface area contributed by atoms with Crippen LogP contribution in [0.2, 0.25) is 15.8 Å². The zero-order chi connectivity index (χ0) is 30.6. The Morgan fingerprint density at radius 3 is 1.78 bits per heavy atom. The van der Waals surface area contributed by atoms with Crippen LogP contribution in [-0.2, 0) is 15.6 Å². The minimum atomic E-state index is -0.568. The Balaban J connectivity index is 0.000000271. The van der Waals surface area contributed by atoms with Crippen molar-refractivity contribution in [2.24, 2.45) is 11.8 Å². The summed E-state index contributed by atoms with van der Waals surface area (Å²) in [7, 11) is 0. The first-order chi connectivity index (χ1) is 19.5. The molecule has 2 N–H and O–H groups in total. The van der Waals surface area contributed by atoms with Crippen molar-refractivity contribution in [1.82, 2.24) is 9.80 Å². The first-order valence-electron chi connectivity index (χ1n) is 15.2. The monoisotopic (exact) mass is 620 g/mol. The highest BCUT2D eigenvalue weighted by atomic mass is 35.5. The summed E-state index contributed by atoms with van der Waals surface area (Å²) in [4.78, 5) is 17.2. The molecule has 2 aromatic carbocycles. The van der Waals surface area contributed by atoms with Gasteiger partial charge in [0.2, 0.25) is 22.2 Å². The van der Waals surface area contributed by atoms with E-state index in [4.69, 9.17) is 23.2 Å². The molecule has 2 aromatic rings. The van der Waals surface area contributed by atoms with Crippen LogP contribution >= 0.6 is 23.2 Å². The number of amides is 1. The van der Waals surface area contributed by atoms with Gasteiger partial charge in [-0.1, -0.05) is 61.3 Å². The third-order valence-corrected chi connectivity index (χ3v) is 8.77. The molecule has 2 aliphatic heterocycles. The molecule has 228 valence electrons. The van der Waals surface area contributed by atoms with Crippen LogP contribution in [0.4, 0.5) is 0 Å². The normalized spacial score (nSPS) is 19.9. The second-order valence-corrected chi connectivity index (χ2v) is 13.3. The zero-order valence-electron chi connectivity index (χ0n) is 26.0. The molecule has 2 atom stereocenters. The van der Waals surface area contributed by atoms with Crippen LogP contribution in [0.25, 0.3) is 0 Å². The van der Waals surface area contributed by atoms with Gasteiger partial charge < -0.3 is 20.0 Å². The van der Waals surface area contributed by atoms with Gasteiger partial charge in [0, 0.05) is 54.9 Å². The molecule has 0 bridgehead atoms. The largest absolute Gasteiger partial charge is 0.396 e. The summed E-state index contributed by atoms with van der Waals surface area (Å²) >= 11 is 13.2. The maximum atomic E-state index is 12.8. The Labute approximate surface area is 266 Å². The van der Waals surface area contributed by atoms with Crippen LogP contribution in [0, 0.1) is 11.8 Å². The molecule has 0 spiro atoms. The smallest absolute Gasteiger partial charge is 0.232 e. The number of nitrogens with zero attached hydrogens (tertiary/aromatic N) is 2. The van der Waals surface area contributed by atoms with Gasteiger partial charge in [0.05, 0.1) is 5.41 Å². The zero-order valence-corrected chi connectivity index (χ0v) is 29.5. The number of piperidine rings is 2. The van der Waals surface area contributed by atoms with Crippen LogP contribution < -0.4 is 0 Å². The Kier molecular flexibility index (Phi) is 15.2. The van der Waals surface area contributed by atoms with Crippen molar-refractivity contribution in [2.75, 3.05) is 45.9 Å². The molecule has 8 heteroatoms. The molecule has 4 rings (SSSR count). The van der Waals surface area contributed by atoms with Gasteiger partial charge >= 0.3 is 0 Å². The SMILES string of the molecule is CC(C)(C(=O)N1CCCC(CO)C1)c1ccc(Cl)cc1.CC(C)(CN1CCCC(CO)C1)c1ccc(Cl)cc1.[CH3][AlH2]. The lowest BCUT2D eigenvalue weighted by Gasteiger charge is -2.38. The van der Waals surface area contributed by atoms with Gasteiger partial charge in [0.15, 0.2) is 0 Å². The molecule has 2 heterocycles. The van der Waals surface area contributed by atoms with Gasteiger partial charge in [0.25, 0.3) is 0 Å². The highest BCUT2D eigenvalue weighted by molar-refractivity contribution is 6.30. The Morgan fingerprint density at radius 1 is 0.805 bits per heavy atom. The Bertz CT molecular complexity index is 1050. The number of hydrogen-bond donors (Lipinski definition) is 2. The lowest BCUT2D eigenvalue weighted by molar-refractivity contribution is -0.138. The van der Waals surface area contributed by atoms with Gasteiger partial charge in [-0.25, -0.2) is 0 Å². The molecule has 2 fully saturated rings. The summed E-state index contributed by atoms with van der Waals surface area (Å²) in [5.74, 6) is 2.93. The Morgan fingerprint density at radius 2 is 1.27 bits per heavy atom. The van der Waals surface area contributed by atoms with E-state index in [0.29, 0.717) is 24.1 Å². The van der Waals surface area contributed by atoms with Crippen LogP contribution in [-0.4, -0.2) is 88.1 Å². The summed E-state index contributed by atoms with van der Waals surface area (Å²) < 4.78 is 0. The van der Waals surface area contributed by atoms with Gasteiger partial charge in [-0.2, -0.15) is 0 Å². The summed E-state index contributed by atoms with van der Waals surface area (Å²) in [5.41, 5.74) is 1.84. The molecule has 5 nitrogen and oxygen atoms in total. The lowest BCUT2D eigenvalue weighted by atomic mass is 9.82. The molecule has 0 saturated carbocycles. The number of rotatable bonds is 7. The average molecular weight is 622 g/mol. The molecule has 1 amide bonds. The summed E-state index contributed by atoms with van der Waals surface area (Å²) in [6.07, 6.45) is 4.33. The highest BCUT2D eigenvalue weighted by Gasteiger charge is 2.35. The molecule has 0 aliphatic carbocycles. The van der Waals surface area contributed by atoms with E-state index in [-0.39, 0.29) is 23.8 Å². The van der Waals surface area contributed by atoms with Crippen LogP contribution in [0.1, 0.15) is 64.5 Å². The fourth-order valence-corrected chi connectivity index (χ4v) is 6.03. The number of aliphatic hydroxyl groups excluding tert-OH is 2. The number of carbonyl (C=O) groups is 1. The molecular weight excluding hydrogens is 570 g/mol. The van der Waals surface area contributed by atoms with Crippen molar-refractivity contribution < 1.29 is 15.0 Å². The lowest BCUT2D eigenvalue weighted by Crippen LogP contribution is -2.48. The van der Waals surface area contributed by atoms with Gasteiger partial charge in [-0.3, -0.25) is 4.79 Å². The van der Waals surface area contributed by atoms with Crippen molar-refractivity contribution in [3.05, 3.63) is 69.7 Å². The van der Waals surface area contributed by atoms with Crippen molar-refractivity contribution in [2.45, 2.75) is 70.0 Å². The third kappa shape index (κ3) is 10.8. The molecule has 41 heavy (non-hydrogen) atoms. The standard InChI is InChI=1S/C16H22ClNO2.C16H24ClNO.CH3.Al.2H/c1-16(2,13-5-7-14(17)8-6-13)15(20)18-9-3-4-12(10-18)11-19;1-16(2,14-5-7-15(17)8-6-14)12-18-9-3-4-13(10-18)11-19;;;;/h5-8,12,19H,3-4,9-11H2,1-2H3;5-8,13,19H,3-4,9-12H2,1-2H3;1H3;;;. The van der Waals surface area contributed by atoms with Crippen LogP contribution in [0.15, 0.2) is 48.5 Å². The van der Waals surface area contributed by atoms with E-state index in [1.165, 1.54) is 28.3 Å². The topological polar surface area (TPSA) is 64.0 Å². The van der Waals surface area contributed by atoms with E-state index in [0.717, 1.165) is 56.0 Å². The number of likely N-dealkylation sites (tertiary alicyclic amines) is 2. The number of hydrogen-bond acceptors (Lipinski definition) is 4. The highest BCUT2D eigenvalue weighted by Crippen LogP contribution is 2.30. The number of benzene rings is 2. The summed E-state index contributed by atoms with van der Waals surface area (Å²) in [5, 5.41) is 20.1. The fraction of sp³-hybridized carbons (Fsp3) is 0.606. The van der Waals surface area contributed by atoms with E-state index in [9.17, 15) is 15.0 Å². The molecule has 2 aliphatic rings. The predicted molar refractivity (Wildman–Crippen MR) is 176 cm³/mol. The summed E-state index contributed by atoms with van der Waals surface area (Å²) in [6.45, 7) is 13.6. The average Bonchev–Trinajstić information content (AvgIpc) is 2.98. The van der Waals surface area contributed by atoms with E-state index in [2.05, 4.69) is 36.7 Å². The Hall–Kier alpha value is -1.10. The third-order valence-electron chi connectivity index (χ3n) is 8.27. The molecule has 2 saturated heterocycles. The molecule has 2 unspecified atom stereocenters. The predicted octanol–water partition coefficient (Wildman–Crippen LogP) is 5.84. The van der Waals surface area contributed by atoms with E-state index in [1.54, 1.807) is 0 Å². The van der Waals surface area contributed by atoms with Crippen LogP contribution in [0.5, 0.6) is 0 Å². The van der Waals surface area contributed by atoms with Crippen molar-refractivity contribution in [3.8, 4) is 0 Å². The maximum absolute atomic E-state index is 12.8. The second-order valence-electron chi connectivity index (χ2n) is 12.4. The second kappa shape index (κ2) is 17.3. The number of carbonyl (C=O) groups excluding carboxylic acids is 1. The molecule has 0 radical (unpaired) electrons. The van der Waals surface area contributed by atoms with Gasteiger partial charge in [-0.05, 0) is 93.3 Å². The first-order valence-corrected chi connectivity index (χ1v) is 18.0. The van der Waals surface area contributed by atoms with Crippen molar-refractivity contribution >= 4 is 45.4 Å². The van der Waals surface area contributed by atoms with Crippen LogP contribution in [0.3, 0.4) is 0 Å². The summed E-state index contributed by atoms with van der Waals surface area (Å²) in [6, 6.07) is 15.6. The van der Waals surface area contributed by atoms with Gasteiger partial charge in [0.1, 0.15) is 0 Å². The number of aliphatic hydroxyl groups is 2. The van der Waals surface area contributed by atoms with E-state index in [1.807, 2.05) is 55.1 Å².